The minimum absolute atomic E-state index is 0.0661. The van der Waals surface area contributed by atoms with Crippen LogP contribution in [0.25, 0.3) is 0 Å². The molecule has 0 bridgehead atoms. The van der Waals surface area contributed by atoms with Crippen molar-refractivity contribution in [2.24, 2.45) is 0 Å². The van der Waals surface area contributed by atoms with E-state index in [9.17, 15) is 4.79 Å². The molecule has 2 aromatic carbocycles. The summed E-state index contributed by atoms with van der Waals surface area (Å²) in [4.78, 5) is 12.2. The third-order valence-corrected chi connectivity index (χ3v) is 3.71. The van der Waals surface area contributed by atoms with Gasteiger partial charge in [0.25, 0.3) is 0 Å². The Labute approximate surface area is 130 Å². The van der Waals surface area contributed by atoms with Crippen molar-refractivity contribution in [2.75, 3.05) is 5.32 Å². The lowest BCUT2D eigenvalue weighted by Gasteiger charge is -2.37. The van der Waals surface area contributed by atoms with Crippen LogP contribution in [-0.4, -0.2) is 11.6 Å². The Morgan fingerprint density at radius 3 is 2.55 bits per heavy atom. The smallest absolute Gasteiger partial charge is 0.319 e. The van der Waals surface area contributed by atoms with E-state index in [0.717, 1.165) is 23.4 Å². The van der Waals surface area contributed by atoms with E-state index in [1.807, 2.05) is 68.4 Å². The maximum atomic E-state index is 12.2. The summed E-state index contributed by atoms with van der Waals surface area (Å²) in [5, 5.41) is 5.91. The van der Waals surface area contributed by atoms with E-state index in [1.165, 1.54) is 0 Å². The van der Waals surface area contributed by atoms with E-state index in [0.29, 0.717) is 0 Å². The predicted octanol–water partition coefficient (Wildman–Crippen LogP) is 4.11. The average Bonchev–Trinajstić information content (AvgIpc) is 2.47. The highest BCUT2D eigenvalue weighted by molar-refractivity contribution is 5.89. The van der Waals surface area contributed by atoms with Gasteiger partial charge in [0, 0.05) is 17.7 Å². The van der Waals surface area contributed by atoms with Crippen molar-refractivity contribution in [2.45, 2.75) is 31.9 Å². The number of hydrogen-bond donors (Lipinski definition) is 2. The zero-order valence-electron chi connectivity index (χ0n) is 12.8. The molecule has 0 aromatic heterocycles. The molecule has 2 aromatic rings. The fraction of sp³-hybridized carbons (Fsp3) is 0.278. The molecule has 4 nitrogen and oxygen atoms in total. The van der Waals surface area contributed by atoms with Gasteiger partial charge in [0.15, 0.2) is 0 Å². The Kier molecular flexibility index (Phi) is 3.75. The Morgan fingerprint density at radius 1 is 1.09 bits per heavy atom. The summed E-state index contributed by atoms with van der Waals surface area (Å²) in [6, 6.07) is 17.0. The summed E-state index contributed by atoms with van der Waals surface area (Å²) in [6.45, 7) is 4.07. The molecule has 0 spiro atoms. The summed E-state index contributed by atoms with van der Waals surface area (Å²) in [5.41, 5.74) is 1.49. The van der Waals surface area contributed by atoms with Gasteiger partial charge >= 0.3 is 6.03 Å². The molecule has 0 aliphatic carbocycles. The minimum atomic E-state index is -0.307. The van der Waals surface area contributed by atoms with Gasteiger partial charge < -0.3 is 15.4 Å². The molecule has 2 N–H and O–H groups in total. The normalized spacial score (nSPS) is 18.7. The van der Waals surface area contributed by atoms with Gasteiger partial charge in [-0.2, -0.15) is 0 Å². The number of carbonyl (C=O) groups excluding carboxylic acids is 1. The van der Waals surface area contributed by atoms with E-state index in [-0.39, 0.29) is 17.7 Å². The molecule has 0 unspecified atom stereocenters. The average molecular weight is 296 g/mol. The Bertz CT molecular complexity index is 668. The van der Waals surface area contributed by atoms with Gasteiger partial charge in [0.2, 0.25) is 0 Å². The van der Waals surface area contributed by atoms with Crippen LogP contribution in [0.15, 0.2) is 54.6 Å². The number of nitrogens with one attached hydrogen (secondary N) is 2. The first-order valence-electron chi connectivity index (χ1n) is 7.44. The Balaban J connectivity index is 1.75. The summed E-state index contributed by atoms with van der Waals surface area (Å²) >= 11 is 0. The molecule has 0 fully saturated rings. The molecule has 0 radical (unpaired) electrons. The SMILES string of the molecule is CC1(C)C[C@@H](NC(=O)Nc2ccccc2)c2ccccc2O1. The van der Waals surface area contributed by atoms with Crippen LogP contribution in [0.4, 0.5) is 10.5 Å². The molecular formula is C18H20N2O2. The lowest BCUT2D eigenvalue weighted by atomic mass is 9.90. The predicted molar refractivity (Wildman–Crippen MR) is 87.1 cm³/mol. The van der Waals surface area contributed by atoms with E-state index in [2.05, 4.69) is 10.6 Å². The number of rotatable bonds is 2. The molecular weight excluding hydrogens is 276 g/mol. The molecule has 4 heteroatoms. The number of urea groups is 1. The van der Waals surface area contributed by atoms with Gasteiger partial charge in [-0.25, -0.2) is 4.79 Å². The highest BCUT2D eigenvalue weighted by Crippen LogP contribution is 2.39. The van der Waals surface area contributed by atoms with Crippen molar-refractivity contribution in [3.63, 3.8) is 0 Å². The first-order valence-corrected chi connectivity index (χ1v) is 7.44. The maximum absolute atomic E-state index is 12.2. The molecule has 1 atom stereocenters. The largest absolute Gasteiger partial charge is 0.487 e. The molecule has 1 aliphatic heterocycles. The number of anilines is 1. The second-order valence-corrected chi connectivity index (χ2v) is 6.12. The van der Waals surface area contributed by atoms with Crippen LogP contribution < -0.4 is 15.4 Å². The first kappa shape index (κ1) is 14.4. The number of ether oxygens (including phenoxy) is 1. The summed E-state index contributed by atoms with van der Waals surface area (Å²) in [5.74, 6) is 0.837. The van der Waals surface area contributed by atoms with Crippen LogP contribution >= 0.6 is 0 Å². The highest BCUT2D eigenvalue weighted by Gasteiger charge is 2.34. The van der Waals surface area contributed by atoms with Crippen molar-refractivity contribution in [1.29, 1.82) is 0 Å². The number of hydrogen-bond acceptors (Lipinski definition) is 2. The molecule has 2 amide bonds. The van der Waals surface area contributed by atoms with E-state index in [1.54, 1.807) is 0 Å². The quantitative estimate of drug-likeness (QED) is 0.876. The molecule has 1 aliphatic rings. The fourth-order valence-electron chi connectivity index (χ4n) is 2.78. The van der Waals surface area contributed by atoms with Crippen molar-refractivity contribution in [1.82, 2.24) is 5.32 Å². The fourth-order valence-corrected chi connectivity index (χ4v) is 2.78. The summed E-state index contributed by atoms with van der Waals surface area (Å²) < 4.78 is 5.98. The van der Waals surface area contributed by atoms with Crippen LogP contribution in [0.3, 0.4) is 0 Å². The van der Waals surface area contributed by atoms with Crippen molar-refractivity contribution in [3.8, 4) is 5.75 Å². The molecule has 3 rings (SSSR count). The Hall–Kier alpha value is -2.49. The molecule has 22 heavy (non-hydrogen) atoms. The lowest BCUT2D eigenvalue weighted by molar-refractivity contribution is 0.0683. The van der Waals surface area contributed by atoms with Crippen LogP contribution in [0.5, 0.6) is 5.75 Å². The van der Waals surface area contributed by atoms with Gasteiger partial charge in [-0.1, -0.05) is 36.4 Å². The maximum Gasteiger partial charge on any atom is 0.319 e. The summed E-state index contributed by atoms with van der Waals surface area (Å²) in [6.07, 6.45) is 0.728. The number of para-hydroxylation sites is 2. The third-order valence-electron chi connectivity index (χ3n) is 3.71. The van der Waals surface area contributed by atoms with Crippen LogP contribution in [0.2, 0.25) is 0 Å². The van der Waals surface area contributed by atoms with Gasteiger partial charge in [-0.05, 0) is 32.0 Å². The lowest BCUT2D eigenvalue weighted by Crippen LogP contribution is -2.42. The molecule has 0 saturated carbocycles. The zero-order valence-corrected chi connectivity index (χ0v) is 12.8. The number of benzene rings is 2. The van der Waals surface area contributed by atoms with Crippen LogP contribution in [0, 0.1) is 0 Å². The topological polar surface area (TPSA) is 50.4 Å². The first-order chi connectivity index (χ1) is 10.5. The van der Waals surface area contributed by atoms with Crippen LogP contribution in [0.1, 0.15) is 31.9 Å². The van der Waals surface area contributed by atoms with Crippen molar-refractivity contribution in [3.05, 3.63) is 60.2 Å². The zero-order chi connectivity index (χ0) is 15.6. The van der Waals surface area contributed by atoms with Crippen molar-refractivity contribution >= 4 is 11.7 Å². The Morgan fingerprint density at radius 2 is 1.77 bits per heavy atom. The summed E-state index contributed by atoms with van der Waals surface area (Å²) in [7, 11) is 0. The number of fused-ring (bicyclic) bond motifs is 1. The van der Waals surface area contributed by atoms with E-state index < -0.39 is 0 Å². The monoisotopic (exact) mass is 296 g/mol. The standard InChI is InChI=1S/C18H20N2O2/c1-18(2)12-15(14-10-6-7-11-16(14)22-18)20-17(21)19-13-8-4-3-5-9-13/h3-11,15H,12H2,1-2H3,(H2,19,20,21)/t15-/m1/s1. The van der Waals surface area contributed by atoms with E-state index in [4.69, 9.17) is 4.74 Å². The highest BCUT2D eigenvalue weighted by atomic mass is 16.5. The van der Waals surface area contributed by atoms with Crippen LogP contribution in [-0.2, 0) is 0 Å². The third kappa shape index (κ3) is 3.22. The van der Waals surface area contributed by atoms with Gasteiger partial charge in [-0.3, -0.25) is 0 Å². The van der Waals surface area contributed by atoms with Gasteiger partial charge in [-0.15, -0.1) is 0 Å². The number of carbonyl (C=O) groups is 1. The molecule has 0 saturated heterocycles. The second kappa shape index (κ2) is 5.72. The number of amides is 2. The molecule has 114 valence electrons. The van der Waals surface area contributed by atoms with Gasteiger partial charge in [0.05, 0.1) is 6.04 Å². The van der Waals surface area contributed by atoms with E-state index >= 15 is 0 Å². The van der Waals surface area contributed by atoms with Crippen molar-refractivity contribution < 1.29 is 9.53 Å². The second-order valence-electron chi connectivity index (χ2n) is 6.12. The van der Waals surface area contributed by atoms with Gasteiger partial charge in [0.1, 0.15) is 11.4 Å². The molecule has 1 heterocycles. The minimum Gasteiger partial charge on any atom is -0.487 e.